The van der Waals surface area contributed by atoms with Crippen LogP contribution in [0.4, 0.5) is 5.69 Å². The molecule has 1 fully saturated rings. The van der Waals surface area contributed by atoms with E-state index in [2.05, 4.69) is 25.6 Å². The molecule has 8 nitrogen and oxygen atoms in total. The minimum Gasteiger partial charge on any atom is -0.354 e. The van der Waals surface area contributed by atoms with Crippen molar-refractivity contribution in [2.75, 3.05) is 25.5 Å². The van der Waals surface area contributed by atoms with Crippen LogP contribution in [0.25, 0.3) is 0 Å². The van der Waals surface area contributed by atoms with Crippen molar-refractivity contribution >= 4 is 28.8 Å². The minimum atomic E-state index is -0.169. The van der Waals surface area contributed by atoms with Gasteiger partial charge in [-0.25, -0.2) is 4.98 Å². The second-order valence-electron chi connectivity index (χ2n) is 8.06. The van der Waals surface area contributed by atoms with E-state index in [1.807, 2.05) is 47.4 Å². The molecule has 2 aromatic heterocycles. The van der Waals surface area contributed by atoms with Gasteiger partial charge in [0, 0.05) is 37.4 Å². The lowest BCUT2D eigenvalue weighted by Gasteiger charge is -2.32. The van der Waals surface area contributed by atoms with Crippen LogP contribution in [0, 0.1) is 6.92 Å². The van der Waals surface area contributed by atoms with Gasteiger partial charge in [-0.15, -0.1) is 11.3 Å². The predicted molar refractivity (Wildman–Crippen MR) is 125 cm³/mol. The molecular formula is C23H28N6O2S. The molecule has 1 saturated heterocycles. The van der Waals surface area contributed by atoms with Crippen molar-refractivity contribution in [3.05, 3.63) is 63.9 Å². The number of piperidine rings is 1. The molecule has 2 N–H and O–H groups in total. The van der Waals surface area contributed by atoms with Gasteiger partial charge in [0.15, 0.2) is 0 Å². The van der Waals surface area contributed by atoms with Crippen LogP contribution in [0.1, 0.15) is 45.6 Å². The molecule has 32 heavy (non-hydrogen) atoms. The van der Waals surface area contributed by atoms with Crippen LogP contribution in [-0.4, -0.2) is 51.6 Å². The summed E-state index contributed by atoms with van der Waals surface area (Å²) < 4.78 is 1.90. The van der Waals surface area contributed by atoms with Crippen LogP contribution in [0.3, 0.4) is 0 Å². The summed E-state index contributed by atoms with van der Waals surface area (Å²) in [5, 5.41) is 12.9. The van der Waals surface area contributed by atoms with Crippen LogP contribution >= 0.6 is 11.3 Å². The summed E-state index contributed by atoms with van der Waals surface area (Å²) in [5.74, 6) is -0.221. The Morgan fingerprint density at radius 2 is 2.09 bits per heavy atom. The first-order chi connectivity index (χ1) is 15.5. The molecule has 1 aliphatic heterocycles. The number of hydrogen-bond donors (Lipinski definition) is 2. The summed E-state index contributed by atoms with van der Waals surface area (Å²) in [6.45, 7) is 4.58. The molecule has 0 saturated carbocycles. The lowest BCUT2D eigenvalue weighted by molar-refractivity contribution is -0.115. The summed E-state index contributed by atoms with van der Waals surface area (Å²) in [6.07, 6.45) is 4.26. The van der Waals surface area contributed by atoms with E-state index >= 15 is 0 Å². The first kappa shape index (κ1) is 22.2. The van der Waals surface area contributed by atoms with Crippen molar-refractivity contribution < 1.29 is 9.59 Å². The molecule has 0 bridgehead atoms. The first-order valence-corrected chi connectivity index (χ1v) is 11.7. The van der Waals surface area contributed by atoms with Gasteiger partial charge in [-0.05, 0) is 44.0 Å². The Balaban J connectivity index is 1.32. The Morgan fingerprint density at radius 3 is 2.91 bits per heavy atom. The number of likely N-dealkylation sites (tertiary alicyclic amines) is 1. The number of benzene rings is 1. The molecule has 0 radical (unpaired) electrons. The Bertz CT molecular complexity index is 1090. The number of hydrogen-bond acceptors (Lipinski definition) is 6. The second-order valence-corrected chi connectivity index (χ2v) is 9.01. The van der Waals surface area contributed by atoms with E-state index in [0.29, 0.717) is 5.69 Å². The van der Waals surface area contributed by atoms with Gasteiger partial charge in [0.1, 0.15) is 10.7 Å². The van der Waals surface area contributed by atoms with Crippen LogP contribution in [0.15, 0.2) is 41.9 Å². The fraction of sp³-hybridized carbons (Fsp3) is 0.391. The zero-order chi connectivity index (χ0) is 22.5. The number of carbonyl (C=O) groups excluding carboxylic acids is 2. The number of anilines is 1. The monoisotopic (exact) mass is 452 g/mol. The number of thiazole rings is 1. The SMILES string of the molecule is CNC(=O)c1ccn(C2CCCN(Cc3csc(CC(=O)Nc4ccccc4C)n3)C2)n1. The molecule has 1 unspecified atom stereocenters. The number of para-hydroxylation sites is 1. The molecular weight excluding hydrogens is 424 g/mol. The maximum absolute atomic E-state index is 12.4. The third-order valence-electron chi connectivity index (χ3n) is 5.64. The van der Waals surface area contributed by atoms with Gasteiger partial charge in [-0.1, -0.05) is 18.2 Å². The lowest BCUT2D eigenvalue weighted by Crippen LogP contribution is -2.36. The molecule has 168 valence electrons. The third-order valence-corrected chi connectivity index (χ3v) is 6.54. The fourth-order valence-corrected chi connectivity index (χ4v) is 4.74. The number of rotatable bonds is 7. The lowest BCUT2D eigenvalue weighted by atomic mass is 10.1. The van der Waals surface area contributed by atoms with E-state index in [4.69, 9.17) is 0 Å². The average Bonchev–Trinajstić information content (AvgIpc) is 3.45. The number of aryl methyl sites for hydroxylation is 1. The number of amides is 2. The summed E-state index contributed by atoms with van der Waals surface area (Å²) >= 11 is 1.53. The van der Waals surface area contributed by atoms with E-state index in [1.165, 1.54) is 11.3 Å². The Kier molecular flexibility index (Phi) is 6.96. The van der Waals surface area contributed by atoms with Gasteiger partial charge in [-0.3, -0.25) is 19.2 Å². The van der Waals surface area contributed by atoms with Crippen molar-refractivity contribution in [3.63, 3.8) is 0 Å². The number of aromatic nitrogens is 3. The highest BCUT2D eigenvalue weighted by molar-refractivity contribution is 7.09. The summed E-state index contributed by atoms with van der Waals surface area (Å²) in [5.41, 5.74) is 3.31. The van der Waals surface area contributed by atoms with Gasteiger partial charge >= 0.3 is 0 Å². The summed E-state index contributed by atoms with van der Waals surface area (Å²) in [4.78, 5) is 31.2. The Hall–Kier alpha value is -3.04. The van der Waals surface area contributed by atoms with Crippen LogP contribution in [0.2, 0.25) is 0 Å². The van der Waals surface area contributed by atoms with Gasteiger partial charge < -0.3 is 10.6 Å². The molecule has 3 heterocycles. The van der Waals surface area contributed by atoms with Gasteiger partial charge in [0.2, 0.25) is 5.91 Å². The molecule has 0 aliphatic carbocycles. The van der Waals surface area contributed by atoms with Crippen molar-refractivity contribution in [2.45, 2.75) is 38.8 Å². The second kappa shape index (κ2) is 10.1. The molecule has 1 atom stereocenters. The average molecular weight is 453 g/mol. The zero-order valence-corrected chi connectivity index (χ0v) is 19.2. The maximum atomic E-state index is 12.4. The van der Waals surface area contributed by atoms with E-state index in [-0.39, 0.29) is 24.3 Å². The van der Waals surface area contributed by atoms with Crippen molar-refractivity contribution in [3.8, 4) is 0 Å². The minimum absolute atomic E-state index is 0.0520. The van der Waals surface area contributed by atoms with E-state index in [0.717, 1.165) is 54.4 Å². The van der Waals surface area contributed by atoms with Crippen LogP contribution in [-0.2, 0) is 17.8 Å². The topological polar surface area (TPSA) is 92.2 Å². The third kappa shape index (κ3) is 5.41. The molecule has 0 spiro atoms. The van der Waals surface area contributed by atoms with E-state index in [1.54, 1.807) is 13.1 Å². The summed E-state index contributed by atoms with van der Waals surface area (Å²) in [7, 11) is 1.61. The quantitative estimate of drug-likeness (QED) is 0.575. The number of nitrogens with zero attached hydrogens (tertiary/aromatic N) is 4. The maximum Gasteiger partial charge on any atom is 0.271 e. The molecule has 3 aromatic rings. The van der Waals surface area contributed by atoms with E-state index < -0.39 is 0 Å². The van der Waals surface area contributed by atoms with E-state index in [9.17, 15) is 9.59 Å². The molecule has 1 aliphatic rings. The van der Waals surface area contributed by atoms with Gasteiger partial charge in [0.05, 0.1) is 18.2 Å². The van der Waals surface area contributed by atoms with Crippen molar-refractivity contribution in [1.82, 2.24) is 25.0 Å². The molecule has 2 amide bonds. The summed E-state index contributed by atoms with van der Waals surface area (Å²) in [6, 6.07) is 9.75. The normalized spacial score (nSPS) is 16.6. The highest BCUT2D eigenvalue weighted by Gasteiger charge is 2.23. The highest BCUT2D eigenvalue weighted by atomic mass is 32.1. The standard InChI is InChI=1S/C23H28N6O2S/c1-16-6-3-4-8-19(16)26-21(30)12-22-25-17(15-32-22)13-28-10-5-7-18(14-28)29-11-9-20(27-29)23(31)24-2/h3-4,6,8-9,11,15,18H,5,7,10,12-14H2,1-2H3,(H,24,31)(H,26,30). The molecule has 4 rings (SSSR count). The Labute approximate surface area is 191 Å². The molecule has 9 heteroatoms. The highest BCUT2D eigenvalue weighted by Crippen LogP contribution is 2.23. The van der Waals surface area contributed by atoms with Crippen molar-refractivity contribution in [2.24, 2.45) is 0 Å². The van der Waals surface area contributed by atoms with Gasteiger partial charge in [0.25, 0.3) is 5.91 Å². The zero-order valence-electron chi connectivity index (χ0n) is 18.4. The Morgan fingerprint density at radius 1 is 1.25 bits per heavy atom. The van der Waals surface area contributed by atoms with Crippen LogP contribution in [0.5, 0.6) is 0 Å². The predicted octanol–water partition coefficient (Wildman–Crippen LogP) is 3.03. The number of nitrogens with one attached hydrogen (secondary N) is 2. The van der Waals surface area contributed by atoms with Gasteiger partial charge in [-0.2, -0.15) is 5.10 Å². The smallest absolute Gasteiger partial charge is 0.271 e. The fourth-order valence-electron chi connectivity index (χ4n) is 3.96. The first-order valence-electron chi connectivity index (χ1n) is 10.8. The van der Waals surface area contributed by atoms with Crippen LogP contribution < -0.4 is 10.6 Å². The molecule has 1 aromatic carbocycles. The largest absolute Gasteiger partial charge is 0.354 e. The van der Waals surface area contributed by atoms with Crippen molar-refractivity contribution in [1.29, 1.82) is 0 Å². The number of carbonyl (C=O) groups is 2.